The van der Waals surface area contributed by atoms with Crippen molar-refractivity contribution in [1.29, 1.82) is 0 Å². The van der Waals surface area contributed by atoms with Crippen LogP contribution in [0.2, 0.25) is 0 Å². The van der Waals surface area contributed by atoms with Gasteiger partial charge in [-0.25, -0.2) is 8.42 Å². The summed E-state index contributed by atoms with van der Waals surface area (Å²) < 4.78 is 26.9. The second kappa shape index (κ2) is 5.21. The summed E-state index contributed by atoms with van der Waals surface area (Å²) >= 11 is 0. The van der Waals surface area contributed by atoms with E-state index in [-0.39, 0.29) is 23.8 Å². The first-order valence-electron chi connectivity index (χ1n) is 6.56. The van der Waals surface area contributed by atoms with E-state index in [4.69, 9.17) is 0 Å². The largest absolute Gasteiger partial charge is 0.324 e. The number of nitrogens with zero attached hydrogens (tertiary/aromatic N) is 1. The Morgan fingerprint density at radius 1 is 0.952 bits per heavy atom. The first kappa shape index (κ1) is 13.6. The lowest BCUT2D eigenvalue weighted by Crippen LogP contribution is -2.31. The van der Waals surface area contributed by atoms with Crippen molar-refractivity contribution in [2.24, 2.45) is 0 Å². The number of carbonyl (C=O) groups is 1. The van der Waals surface area contributed by atoms with E-state index in [2.05, 4.69) is 5.32 Å². The van der Waals surface area contributed by atoms with E-state index in [9.17, 15) is 13.2 Å². The number of hydrogen-bond donors (Lipinski definition) is 1. The summed E-state index contributed by atoms with van der Waals surface area (Å²) in [5.74, 6) is -0.187. The van der Waals surface area contributed by atoms with Gasteiger partial charge < -0.3 is 5.32 Å². The Bertz CT molecular complexity index is 773. The number of hydrogen-bond acceptors (Lipinski definition) is 3. The molecule has 0 aliphatic carbocycles. The third kappa shape index (κ3) is 2.50. The highest BCUT2D eigenvalue weighted by Crippen LogP contribution is 2.32. The molecule has 0 fully saturated rings. The summed E-state index contributed by atoms with van der Waals surface area (Å²) in [4.78, 5) is 11.9. The molecule has 0 radical (unpaired) electrons. The lowest BCUT2D eigenvalue weighted by molar-refractivity contribution is -0.115. The van der Waals surface area contributed by atoms with Crippen LogP contribution < -0.4 is 9.62 Å². The zero-order valence-electron chi connectivity index (χ0n) is 11.2. The highest BCUT2D eigenvalue weighted by molar-refractivity contribution is 7.92. The third-order valence-electron chi connectivity index (χ3n) is 3.32. The fourth-order valence-corrected chi connectivity index (χ4v) is 3.81. The molecule has 1 aliphatic heterocycles. The van der Waals surface area contributed by atoms with Crippen molar-refractivity contribution in [2.45, 2.75) is 11.3 Å². The maximum atomic E-state index is 12.8. The fraction of sp³-hybridized carbons (Fsp3) is 0.133. The number of nitrogens with one attached hydrogen (secondary N) is 1. The molecule has 2 aromatic rings. The molecule has 108 valence electrons. The highest BCUT2D eigenvalue weighted by atomic mass is 32.2. The first-order chi connectivity index (χ1) is 10.1. The van der Waals surface area contributed by atoms with Crippen molar-refractivity contribution in [2.75, 3.05) is 16.2 Å². The zero-order chi connectivity index (χ0) is 14.9. The van der Waals surface area contributed by atoms with Crippen molar-refractivity contribution < 1.29 is 13.2 Å². The second-order valence-electron chi connectivity index (χ2n) is 4.71. The molecule has 0 aromatic heterocycles. The van der Waals surface area contributed by atoms with Gasteiger partial charge in [0.1, 0.15) is 0 Å². The van der Waals surface area contributed by atoms with Gasteiger partial charge in [-0.3, -0.25) is 9.10 Å². The number of rotatable bonds is 2. The molecular formula is C15H14N2O3S. The van der Waals surface area contributed by atoms with E-state index >= 15 is 0 Å². The molecule has 1 aliphatic rings. The number of para-hydroxylation sites is 2. The van der Waals surface area contributed by atoms with Crippen LogP contribution in [-0.4, -0.2) is 20.9 Å². The predicted molar refractivity (Wildman–Crippen MR) is 80.7 cm³/mol. The maximum absolute atomic E-state index is 12.8. The van der Waals surface area contributed by atoms with Gasteiger partial charge in [0.05, 0.1) is 16.3 Å². The van der Waals surface area contributed by atoms with Crippen LogP contribution in [0.3, 0.4) is 0 Å². The van der Waals surface area contributed by atoms with Gasteiger partial charge in [-0.2, -0.15) is 0 Å². The second-order valence-corrected chi connectivity index (χ2v) is 6.57. The molecule has 0 saturated heterocycles. The van der Waals surface area contributed by atoms with Gasteiger partial charge in [-0.1, -0.05) is 30.3 Å². The average molecular weight is 302 g/mol. The summed E-state index contributed by atoms with van der Waals surface area (Å²) in [5.41, 5.74) is 1.01. The van der Waals surface area contributed by atoms with E-state index in [1.165, 1.54) is 4.31 Å². The van der Waals surface area contributed by atoms with Gasteiger partial charge in [0, 0.05) is 13.0 Å². The van der Waals surface area contributed by atoms with Crippen LogP contribution in [0.4, 0.5) is 11.4 Å². The molecule has 0 saturated carbocycles. The molecule has 21 heavy (non-hydrogen) atoms. The first-order valence-corrected chi connectivity index (χ1v) is 8.00. The molecule has 0 spiro atoms. The maximum Gasteiger partial charge on any atom is 0.264 e. The molecule has 1 N–H and O–H groups in total. The van der Waals surface area contributed by atoms with Crippen molar-refractivity contribution in [3.05, 3.63) is 54.6 Å². The molecule has 1 amide bonds. The highest BCUT2D eigenvalue weighted by Gasteiger charge is 2.29. The molecule has 6 heteroatoms. The van der Waals surface area contributed by atoms with Crippen molar-refractivity contribution in [1.82, 2.24) is 0 Å². The summed E-state index contributed by atoms with van der Waals surface area (Å²) in [6.07, 6.45) is 0.126. The van der Waals surface area contributed by atoms with E-state index in [0.717, 1.165) is 0 Å². The number of fused-ring (bicyclic) bond motifs is 1. The Morgan fingerprint density at radius 2 is 1.62 bits per heavy atom. The van der Waals surface area contributed by atoms with E-state index in [1.54, 1.807) is 54.6 Å². The van der Waals surface area contributed by atoms with E-state index in [1.807, 2.05) is 0 Å². The average Bonchev–Trinajstić information content (AvgIpc) is 2.66. The Labute approximate surface area is 123 Å². The Morgan fingerprint density at radius 3 is 2.38 bits per heavy atom. The van der Waals surface area contributed by atoms with Gasteiger partial charge >= 0.3 is 0 Å². The number of carbonyl (C=O) groups excluding carboxylic acids is 1. The van der Waals surface area contributed by atoms with E-state index in [0.29, 0.717) is 11.4 Å². The van der Waals surface area contributed by atoms with E-state index < -0.39 is 10.0 Å². The van der Waals surface area contributed by atoms with Crippen molar-refractivity contribution in [3.63, 3.8) is 0 Å². The summed E-state index contributed by atoms with van der Waals surface area (Å²) in [6, 6.07) is 15.1. The minimum atomic E-state index is -3.68. The monoisotopic (exact) mass is 302 g/mol. The third-order valence-corrected chi connectivity index (χ3v) is 5.15. The minimum absolute atomic E-state index is 0.125. The summed E-state index contributed by atoms with van der Waals surface area (Å²) in [7, 11) is -3.68. The van der Waals surface area contributed by atoms with Crippen molar-refractivity contribution >= 4 is 27.3 Å². The number of benzene rings is 2. The SMILES string of the molecule is O=C1CCN(S(=O)(=O)c2ccccc2)c2ccccc2N1. The Kier molecular flexibility index (Phi) is 3.39. The molecule has 2 aromatic carbocycles. The quantitative estimate of drug-likeness (QED) is 0.925. The van der Waals surface area contributed by atoms with Crippen LogP contribution in [0.25, 0.3) is 0 Å². The van der Waals surface area contributed by atoms with Crippen LogP contribution in [-0.2, 0) is 14.8 Å². The summed E-state index contributed by atoms with van der Waals surface area (Å²) in [6.45, 7) is 0.125. The Balaban J connectivity index is 2.12. The lowest BCUT2D eigenvalue weighted by atomic mass is 10.2. The Hall–Kier alpha value is -2.34. The van der Waals surface area contributed by atoms with Crippen LogP contribution in [0.1, 0.15) is 6.42 Å². The zero-order valence-corrected chi connectivity index (χ0v) is 12.0. The molecule has 0 bridgehead atoms. The van der Waals surface area contributed by atoms with Crippen molar-refractivity contribution in [3.8, 4) is 0 Å². The van der Waals surface area contributed by atoms with Gasteiger partial charge in [-0.15, -0.1) is 0 Å². The molecule has 0 atom stereocenters. The fourth-order valence-electron chi connectivity index (χ4n) is 2.30. The lowest BCUT2D eigenvalue weighted by Gasteiger charge is -2.23. The normalized spacial score (nSPS) is 15.0. The predicted octanol–water partition coefficient (Wildman–Crippen LogP) is 2.22. The topological polar surface area (TPSA) is 66.5 Å². The van der Waals surface area contributed by atoms with Gasteiger partial charge in [-0.05, 0) is 24.3 Å². The van der Waals surface area contributed by atoms with Crippen LogP contribution in [0, 0.1) is 0 Å². The smallest absolute Gasteiger partial charge is 0.264 e. The molecular weight excluding hydrogens is 288 g/mol. The standard InChI is InChI=1S/C15H14N2O3S/c18-15-10-11-17(14-9-5-4-8-13(14)16-15)21(19,20)12-6-2-1-3-7-12/h1-9H,10-11H2,(H,16,18). The van der Waals surface area contributed by atoms with Crippen LogP contribution >= 0.6 is 0 Å². The van der Waals surface area contributed by atoms with Crippen LogP contribution in [0.5, 0.6) is 0 Å². The summed E-state index contributed by atoms with van der Waals surface area (Å²) in [5, 5.41) is 2.73. The number of sulfonamides is 1. The minimum Gasteiger partial charge on any atom is -0.324 e. The number of amides is 1. The van der Waals surface area contributed by atoms with Gasteiger partial charge in [0.2, 0.25) is 5.91 Å². The van der Waals surface area contributed by atoms with Gasteiger partial charge in [0.25, 0.3) is 10.0 Å². The molecule has 5 nitrogen and oxygen atoms in total. The number of anilines is 2. The molecule has 3 rings (SSSR count). The van der Waals surface area contributed by atoms with Crippen LogP contribution in [0.15, 0.2) is 59.5 Å². The molecule has 1 heterocycles. The molecule has 0 unspecified atom stereocenters. The van der Waals surface area contributed by atoms with Gasteiger partial charge in [0.15, 0.2) is 0 Å².